The third kappa shape index (κ3) is 2.99. The zero-order chi connectivity index (χ0) is 12.3. The number of nitrogens with zero attached hydrogens (tertiary/aromatic N) is 2. The molecule has 0 bridgehead atoms. The van der Waals surface area contributed by atoms with Crippen molar-refractivity contribution < 1.29 is 18.7 Å². The van der Waals surface area contributed by atoms with Gasteiger partial charge >= 0.3 is 5.97 Å². The van der Waals surface area contributed by atoms with Crippen molar-refractivity contribution in [1.29, 1.82) is 0 Å². The minimum Gasteiger partial charge on any atom is -0.455 e. The summed E-state index contributed by atoms with van der Waals surface area (Å²) in [6, 6.07) is 0. The first-order chi connectivity index (χ1) is 7.35. The first kappa shape index (κ1) is 12.6. The third-order valence-electron chi connectivity index (χ3n) is 1.59. The lowest BCUT2D eigenvalue weighted by molar-refractivity contribution is -0.0142. The Bertz CT molecular complexity index is 372. The summed E-state index contributed by atoms with van der Waals surface area (Å²) in [4.78, 5) is 11.6. The van der Waals surface area contributed by atoms with E-state index in [4.69, 9.17) is 4.74 Å². The molecule has 7 heteroatoms. The predicted octanol–water partition coefficient (Wildman–Crippen LogP) is 1.37. The molecule has 0 fully saturated rings. The van der Waals surface area contributed by atoms with Gasteiger partial charge in [0.1, 0.15) is 5.60 Å². The highest BCUT2D eigenvalue weighted by atomic mass is 19.1. The average molecular weight is 231 g/mol. The Morgan fingerprint density at radius 3 is 2.56 bits per heavy atom. The summed E-state index contributed by atoms with van der Waals surface area (Å²) in [5, 5.41) is 9.20. The van der Waals surface area contributed by atoms with Gasteiger partial charge in [-0.3, -0.25) is 0 Å². The first-order valence-electron chi connectivity index (χ1n) is 4.66. The number of hydrogen-bond donors (Lipinski definition) is 1. The molecule has 1 heterocycles. The third-order valence-corrected chi connectivity index (χ3v) is 1.59. The number of halogens is 1. The number of aromatic amines is 1. The molecule has 1 aromatic rings. The van der Waals surface area contributed by atoms with E-state index >= 15 is 0 Å². The van der Waals surface area contributed by atoms with Crippen molar-refractivity contribution >= 4 is 5.97 Å². The number of H-pyrrole nitrogens is 1. The summed E-state index contributed by atoms with van der Waals surface area (Å²) in [7, 11) is 1.16. The van der Waals surface area contributed by atoms with E-state index in [2.05, 4.69) is 20.1 Å². The molecule has 0 aliphatic heterocycles. The van der Waals surface area contributed by atoms with E-state index in [9.17, 15) is 9.18 Å². The van der Waals surface area contributed by atoms with E-state index in [0.717, 1.165) is 7.11 Å². The Hall–Kier alpha value is -1.50. The number of ether oxygens (including phenoxy) is 2. The Labute approximate surface area is 92.1 Å². The van der Waals surface area contributed by atoms with Gasteiger partial charge in [-0.15, -0.1) is 5.10 Å². The predicted molar refractivity (Wildman–Crippen MR) is 52.4 cm³/mol. The number of methoxy groups -OCH3 is 1. The summed E-state index contributed by atoms with van der Waals surface area (Å²) < 4.78 is 22.7. The quantitative estimate of drug-likeness (QED) is 0.795. The standard InChI is InChI=1S/C9H14FN3O3/c1-9(2,3)16-8(14)6-5(7(10)15-4)11-13-12-6/h7H,1-4H3,(H,11,12,13). The van der Waals surface area contributed by atoms with E-state index in [1.807, 2.05) is 0 Å². The van der Waals surface area contributed by atoms with Crippen LogP contribution >= 0.6 is 0 Å². The summed E-state index contributed by atoms with van der Waals surface area (Å²) in [5.41, 5.74) is -1.09. The fraction of sp³-hybridized carbons (Fsp3) is 0.667. The molecule has 0 saturated heterocycles. The van der Waals surface area contributed by atoms with Gasteiger partial charge in [-0.1, -0.05) is 0 Å². The van der Waals surface area contributed by atoms with Crippen molar-refractivity contribution in [2.75, 3.05) is 7.11 Å². The van der Waals surface area contributed by atoms with Crippen molar-refractivity contribution in [2.45, 2.75) is 32.7 Å². The fourth-order valence-electron chi connectivity index (χ4n) is 0.986. The largest absolute Gasteiger partial charge is 0.455 e. The highest BCUT2D eigenvalue weighted by Crippen LogP contribution is 2.20. The van der Waals surface area contributed by atoms with Gasteiger partial charge in [-0.05, 0) is 20.8 Å². The van der Waals surface area contributed by atoms with E-state index < -0.39 is 17.9 Å². The molecule has 0 spiro atoms. The maximum absolute atomic E-state index is 13.2. The van der Waals surface area contributed by atoms with Gasteiger partial charge < -0.3 is 9.47 Å². The van der Waals surface area contributed by atoms with Crippen LogP contribution in [0.15, 0.2) is 0 Å². The summed E-state index contributed by atoms with van der Waals surface area (Å²) in [5.74, 6) is -0.740. The molecule has 1 aromatic heterocycles. The molecule has 0 aromatic carbocycles. The van der Waals surface area contributed by atoms with E-state index in [1.165, 1.54) is 0 Å². The monoisotopic (exact) mass is 231 g/mol. The molecule has 0 aliphatic rings. The Morgan fingerprint density at radius 1 is 1.44 bits per heavy atom. The molecule has 1 rings (SSSR count). The van der Waals surface area contributed by atoms with Gasteiger partial charge in [0.05, 0.1) is 0 Å². The molecule has 1 unspecified atom stereocenters. The number of rotatable bonds is 3. The van der Waals surface area contributed by atoms with Crippen molar-refractivity contribution in [3.63, 3.8) is 0 Å². The highest BCUT2D eigenvalue weighted by molar-refractivity contribution is 5.88. The lowest BCUT2D eigenvalue weighted by atomic mass is 10.2. The molecular weight excluding hydrogens is 217 g/mol. The minimum atomic E-state index is -1.80. The van der Waals surface area contributed by atoms with Crippen LogP contribution in [0.25, 0.3) is 0 Å². The van der Waals surface area contributed by atoms with Gasteiger partial charge in [-0.2, -0.15) is 10.3 Å². The van der Waals surface area contributed by atoms with Gasteiger partial charge in [0, 0.05) is 7.11 Å². The highest BCUT2D eigenvalue weighted by Gasteiger charge is 2.27. The fourth-order valence-corrected chi connectivity index (χ4v) is 0.986. The molecule has 1 N–H and O–H groups in total. The SMILES string of the molecule is COC(F)c1n[nH]nc1C(=O)OC(C)(C)C. The van der Waals surface area contributed by atoms with Crippen LogP contribution < -0.4 is 0 Å². The average Bonchev–Trinajstić information content (AvgIpc) is 2.62. The van der Waals surface area contributed by atoms with Crippen molar-refractivity contribution in [3.05, 3.63) is 11.4 Å². The number of aromatic nitrogens is 3. The van der Waals surface area contributed by atoms with Crippen LogP contribution in [0, 0.1) is 0 Å². The zero-order valence-corrected chi connectivity index (χ0v) is 9.57. The molecular formula is C9H14FN3O3. The molecule has 90 valence electrons. The van der Waals surface area contributed by atoms with E-state index in [1.54, 1.807) is 20.8 Å². The van der Waals surface area contributed by atoms with Crippen LogP contribution in [-0.2, 0) is 9.47 Å². The van der Waals surface area contributed by atoms with Crippen molar-refractivity contribution in [1.82, 2.24) is 15.4 Å². The van der Waals surface area contributed by atoms with Gasteiger partial charge in [0.25, 0.3) is 0 Å². The molecule has 6 nitrogen and oxygen atoms in total. The lowest BCUT2D eigenvalue weighted by Crippen LogP contribution is -2.25. The van der Waals surface area contributed by atoms with Crippen LogP contribution in [-0.4, -0.2) is 34.1 Å². The molecule has 1 atom stereocenters. The van der Waals surface area contributed by atoms with E-state index in [-0.39, 0.29) is 11.4 Å². The van der Waals surface area contributed by atoms with E-state index in [0.29, 0.717) is 0 Å². The topological polar surface area (TPSA) is 77.1 Å². The van der Waals surface area contributed by atoms with Crippen LogP contribution in [0.5, 0.6) is 0 Å². The van der Waals surface area contributed by atoms with Gasteiger partial charge in [0.15, 0.2) is 11.4 Å². The summed E-state index contributed by atoms with van der Waals surface area (Å²) in [6.07, 6.45) is -1.80. The second-order valence-electron chi connectivity index (χ2n) is 4.11. The zero-order valence-electron chi connectivity index (χ0n) is 9.57. The second-order valence-corrected chi connectivity index (χ2v) is 4.11. The smallest absolute Gasteiger partial charge is 0.361 e. The minimum absolute atomic E-state index is 0.204. The van der Waals surface area contributed by atoms with Crippen LogP contribution in [0.2, 0.25) is 0 Å². The normalized spacial score (nSPS) is 13.6. The van der Waals surface area contributed by atoms with Crippen LogP contribution in [0.1, 0.15) is 43.3 Å². The van der Waals surface area contributed by atoms with Crippen molar-refractivity contribution in [3.8, 4) is 0 Å². The van der Waals surface area contributed by atoms with Gasteiger partial charge in [0.2, 0.25) is 6.36 Å². The molecule has 0 radical (unpaired) electrons. The molecule has 16 heavy (non-hydrogen) atoms. The summed E-state index contributed by atoms with van der Waals surface area (Å²) in [6.45, 7) is 5.11. The summed E-state index contributed by atoms with van der Waals surface area (Å²) >= 11 is 0. The first-order valence-corrected chi connectivity index (χ1v) is 4.66. The maximum Gasteiger partial charge on any atom is 0.361 e. The molecule has 0 amide bonds. The number of alkyl halides is 1. The number of hydrogen-bond acceptors (Lipinski definition) is 5. The van der Waals surface area contributed by atoms with Crippen LogP contribution in [0.3, 0.4) is 0 Å². The number of esters is 1. The molecule has 0 aliphatic carbocycles. The second kappa shape index (κ2) is 4.56. The van der Waals surface area contributed by atoms with Crippen LogP contribution in [0.4, 0.5) is 4.39 Å². The number of carbonyl (C=O) groups excluding carboxylic acids is 1. The molecule has 0 saturated carbocycles. The maximum atomic E-state index is 13.2. The Kier molecular flexibility index (Phi) is 3.58. The number of carbonyl (C=O) groups is 1. The number of nitrogens with one attached hydrogen (secondary N) is 1. The van der Waals surface area contributed by atoms with Crippen molar-refractivity contribution in [2.24, 2.45) is 0 Å². The Morgan fingerprint density at radius 2 is 2.06 bits per heavy atom. The Balaban J connectivity index is 2.88. The van der Waals surface area contributed by atoms with Gasteiger partial charge in [-0.25, -0.2) is 9.18 Å². The lowest BCUT2D eigenvalue weighted by Gasteiger charge is -2.18.